The van der Waals surface area contributed by atoms with Crippen LogP contribution in [0.25, 0.3) is 23.3 Å². The number of unbranched alkanes of at least 4 members (excludes halogenated alkanes) is 1. The summed E-state index contributed by atoms with van der Waals surface area (Å²) in [6, 6.07) is 21.3. The molecule has 7 nitrogen and oxygen atoms in total. The minimum atomic E-state index is -0.454. The summed E-state index contributed by atoms with van der Waals surface area (Å²) in [6.45, 7) is 9.61. The summed E-state index contributed by atoms with van der Waals surface area (Å²) in [5.74, 6) is 1.27. The van der Waals surface area contributed by atoms with Gasteiger partial charge >= 0.3 is 0 Å². The van der Waals surface area contributed by atoms with Gasteiger partial charge in [-0.3, -0.25) is 10.1 Å². The molecule has 2 heterocycles. The van der Waals surface area contributed by atoms with E-state index in [1.54, 1.807) is 12.3 Å². The van der Waals surface area contributed by atoms with E-state index in [-0.39, 0.29) is 11.1 Å². The van der Waals surface area contributed by atoms with Crippen LogP contribution in [0.5, 0.6) is 11.6 Å². The van der Waals surface area contributed by atoms with Crippen LogP contribution in [0.1, 0.15) is 62.9 Å². The predicted octanol–water partition coefficient (Wildman–Crippen LogP) is 8.28. The minimum absolute atomic E-state index is 0.0441. The highest BCUT2D eigenvalue weighted by molar-refractivity contribution is 5.83. The van der Waals surface area contributed by atoms with Crippen molar-refractivity contribution in [2.45, 2.75) is 52.6 Å². The zero-order valence-corrected chi connectivity index (χ0v) is 23.5. The second kappa shape index (κ2) is 13.0. The molecule has 0 radical (unpaired) electrons. The first kappa shape index (κ1) is 28.5. The van der Waals surface area contributed by atoms with E-state index >= 15 is 0 Å². The SMILES string of the molecule is CCCCOc1c(/C=C/c2ccc([N+](=O)[O-])cn2)cc(C(C)(C)C)cc1-c1cccnc1OCc1ccccc1. The molecule has 0 fully saturated rings. The molecule has 0 atom stereocenters. The Morgan fingerprint density at radius 3 is 2.40 bits per heavy atom. The first-order valence-corrected chi connectivity index (χ1v) is 13.5. The highest BCUT2D eigenvalue weighted by Crippen LogP contribution is 2.42. The van der Waals surface area contributed by atoms with Gasteiger partial charge in [0.25, 0.3) is 5.69 Å². The molecule has 0 amide bonds. The van der Waals surface area contributed by atoms with Gasteiger partial charge in [0.1, 0.15) is 18.6 Å². The molecular weight excluding hydrogens is 502 g/mol. The maximum atomic E-state index is 11.0. The fourth-order valence-electron chi connectivity index (χ4n) is 4.10. The molecular formula is C33H35N3O4. The van der Waals surface area contributed by atoms with Crippen molar-refractivity contribution >= 4 is 17.8 Å². The standard InChI is InChI=1S/C33H35N3O4/c1-5-6-19-39-31-25(14-15-27-16-17-28(22-35-27)36(37)38)20-26(33(2,3)4)21-30(31)29-13-10-18-34-32(29)40-23-24-11-8-7-9-12-24/h7-18,20-22H,5-6,19,23H2,1-4H3/b15-14+. The Balaban J connectivity index is 1.81. The van der Waals surface area contributed by atoms with Gasteiger partial charge in [-0.05, 0) is 65.4 Å². The summed E-state index contributed by atoms with van der Waals surface area (Å²) in [7, 11) is 0. The first-order valence-electron chi connectivity index (χ1n) is 13.5. The molecule has 0 bridgehead atoms. The monoisotopic (exact) mass is 537 g/mol. The van der Waals surface area contributed by atoms with E-state index in [0.29, 0.717) is 24.8 Å². The van der Waals surface area contributed by atoms with Crippen LogP contribution < -0.4 is 9.47 Å². The number of nitro groups is 1. The topological polar surface area (TPSA) is 87.4 Å². The van der Waals surface area contributed by atoms with Crippen LogP contribution >= 0.6 is 0 Å². The van der Waals surface area contributed by atoms with Crippen LogP contribution in [-0.4, -0.2) is 21.5 Å². The number of ether oxygens (including phenoxy) is 2. The number of rotatable bonds is 11. The third-order valence-corrected chi connectivity index (χ3v) is 6.42. The molecule has 2 aromatic heterocycles. The molecule has 0 spiro atoms. The number of benzene rings is 2. The van der Waals surface area contributed by atoms with Crippen molar-refractivity contribution in [2.75, 3.05) is 6.61 Å². The molecule has 0 aliphatic carbocycles. The van der Waals surface area contributed by atoms with Crippen molar-refractivity contribution in [3.8, 4) is 22.8 Å². The molecule has 4 aromatic rings. The molecule has 0 N–H and O–H groups in total. The lowest BCUT2D eigenvalue weighted by molar-refractivity contribution is -0.385. The van der Waals surface area contributed by atoms with Crippen LogP contribution in [0, 0.1) is 10.1 Å². The number of aromatic nitrogens is 2. The van der Waals surface area contributed by atoms with Crippen molar-refractivity contribution in [1.29, 1.82) is 0 Å². The maximum Gasteiger partial charge on any atom is 0.287 e. The number of nitrogens with zero attached hydrogens (tertiary/aromatic N) is 3. The molecule has 0 saturated carbocycles. The van der Waals surface area contributed by atoms with Crippen LogP contribution in [-0.2, 0) is 12.0 Å². The van der Waals surface area contributed by atoms with E-state index in [4.69, 9.17) is 9.47 Å². The lowest BCUT2D eigenvalue weighted by Gasteiger charge is -2.24. The Hall–Kier alpha value is -4.52. The van der Waals surface area contributed by atoms with E-state index in [2.05, 4.69) is 49.8 Å². The molecule has 0 unspecified atom stereocenters. The normalized spacial score (nSPS) is 11.5. The molecule has 0 aliphatic heterocycles. The summed E-state index contributed by atoms with van der Waals surface area (Å²) >= 11 is 0. The highest BCUT2D eigenvalue weighted by Gasteiger charge is 2.22. The Kier molecular flexibility index (Phi) is 9.27. The van der Waals surface area contributed by atoms with Gasteiger partial charge in [-0.2, -0.15) is 0 Å². The number of hydrogen-bond donors (Lipinski definition) is 0. The van der Waals surface area contributed by atoms with E-state index < -0.39 is 4.92 Å². The average Bonchev–Trinajstić information content (AvgIpc) is 2.95. The molecule has 0 aliphatic rings. The van der Waals surface area contributed by atoms with Gasteiger partial charge in [-0.1, -0.05) is 64.4 Å². The van der Waals surface area contributed by atoms with Crippen LogP contribution in [0.2, 0.25) is 0 Å². The molecule has 4 rings (SSSR count). The fourth-order valence-corrected chi connectivity index (χ4v) is 4.10. The average molecular weight is 538 g/mol. The summed E-state index contributed by atoms with van der Waals surface area (Å²) in [4.78, 5) is 19.4. The van der Waals surface area contributed by atoms with Crippen LogP contribution in [0.4, 0.5) is 5.69 Å². The smallest absolute Gasteiger partial charge is 0.287 e. The van der Waals surface area contributed by atoms with E-state index in [1.807, 2.05) is 54.6 Å². The second-order valence-corrected chi connectivity index (χ2v) is 10.6. The van der Waals surface area contributed by atoms with Crippen LogP contribution in [0.15, 0.2) is 79.1 Å². The van der Waals surface area contributed by atoms with Crippen molar-refractivity contribution in [3.63, 3.8) is 0 Å². The van der Waals surface area contributed by atoms with Gasteiger partial charge in [0, 0.05) is 29.0 Å². The van der Waals surface area contributed by atoms with Crippen molar-refractivity contribution < 1.29 is 14.4 Å². The van der Waals surface area contributed by atoms with E-state index in [9.17, 15) is 10.1 Å². The largest absolute Gasteiger partial charge is 0.492 e. The van der Waals surface area contributed by atoms with Gasteiger partial charge in [-0.25, -0.2) is 9.97 Å². The van der Waals surface area contributed by atoms with E-state index in [0.717, 1.165) is 46.4 Å². The fraction of sp³-hybridized carbons (Fsp3) is 0.273. The highest BCUT2D eigenvalue weighted by atomic mass is 16.6. The van der Waals surface area contributed by atoms with Gasteiger partial charge < -0.3 is 9.47 Å². The van der Waals surface area contributed by atoms with Crippen molar-refractivity contribution in [1.82, 2.24) is 9.97 Å². The third kappa shape index (κ3) is 7.32. The predicted molar refractivity (Wildman–Crippen MR) is 159 cm³/mol. The summed E-state index contributed by atoms with van der Waals surface area (Å²) in [5, 5.41) is 11.0. The second-order valence-electron chi connectivity index (χ2n) is 10.6. The quantitative estimate of drug-likeness (QED) is 0.109. The zero-order valence-electron chi connectivity index (χ0n) is 23.5. The summed E-state index contributed by atoms with van der Waals surface area (Å²) in [6.07, 6.45) is 8.72. The maximum absolute atomic E-state index is 11.0. The Morgan fingerprint density at radius 2 is 1.73 bits per heavy atom. The lowest BCUT2D eigenvalue weighted by Crippen LogP contribution is -2.12. The molecule has 206 valence electrons. The van der Waals surface area contributed by atoms with Crippen LogP contribution in [0.3, 0.4) is 0 Å². The number of hydrogen-bond acceptors (Lipinski definition) is 6. The minimum Gasteiger partial charge on any atom is -0.492 e. The molecule has 2 aromatic carbocycles. The lowest BCUT2D eigenvalue weighted by atomic mass is 9.83. The molecule has 0 saturated heterocycles. The van der Waals surface area contributed by atoms with Crippen molar-refractivity contribution in [3.05, 3.63) is 112 Å². The van der Waals surface area contributed by atoms with Gasteiger partial charge in [-0.15, -0.1) is 0 Å². The zero-order chi connectivity index (χ0) is 28.5. The summed E-state index contributed by atoms with van der Waals surface area (Å²) in [5.41, 5.74) is 5.24. The molecule has 7 heteroatoms. The Morgan fingerprint density at radius 1 is 0.925 bits per heavy atom. The molecule has 40 heavy (non-hydrogen) atoms. The Bertz CT molecular complexity index is 1460. The third-order valence-electron chi connectivity index (χ3n) is 6.42. The Labute approximate surface area is 235 Å². The van der Waals surface area contributed by atoms with Gasteiger partial charge in [0.2, 0.25) is 5.88 Å². The van der Waals surface area contributed by atoms with Gasteiger partial charge in [0.05, 0.1) is 17.2 Å². The van der Waals surface area contributed by atoms with Crippen molar-refractivity contribution in [2.24, 2.45) is 0 Å². The summed E-state index contributed by atoms with van der Waals surface area (Å²) < 4.78 is 12.7. The van der Waals surface area contributed by atoms with E-state index in [1.165, 1.54) is 12.3 Å². The van der Waals surface area contributed by atoms with Gasteiger partial charge in [0.15, 0.2) is 0 Å². The number of pyridine rings is 2. The first-order chi connectivity index (χ1) is 19.3.